The quantitative estimate of drug-likeness (QED) is 0.404. The van der Waals surface area contributed by atoms with Crippen molar-refractivity contribution in [1.29, 1.82) is 0 Å². The molecule has 0 aliphatic heterocycles. The van der Waals surface area contributed by atoms with E-state index < -0.39 is 19.0 Å². The van der Waals surface area contributed by atoms with Crippen molar-refractivity contribution < 1.29 is 22.9 Å². The predicted molar refractivity (Wildman–Crippen MR) is 70.5 cm³/mol. The Balaban J connectivity index is 4.60. The Hall–Kier alpha value is -0.220. The van der Waals surface area contributed by atoms with Crippen LogP contribution in [0.25, 0.3) is 0 Å². The van der Waals surface area contributed by atoms with Crippen molar-refractivity contribution in [3.8, 4) is 0 Å². The normalized spacial score (nSPS) is 13.7. The Morgan fingerprint density at radius 2 is 1.44 bits per heavy atom. The summed E-state index contributed by atoms with van der Waals surface area (Å²) < 4.78 is 28.5. The molecule has 0 atom stereocenters. The summed E-state index contributed by atoms with van der Waals surface area (Å²) >= 11 is 0. The Morgan fingerprint density at radius 3 is 1.78 bits per heavy atom. The lowest BCUT2D eigenvalue weighted by molar-refractivity contribution is -0.108. The molecule has 0 bridgehead atoms. The third-order valence-corrected chi connectivity index (χ3v) is 3.53. The summed E-state index contributed by atoms with van der Waals surface area (Å²) in [5.74, 6) is 0. The zero-order valence-corrected chi connectivity index (χ0v) is 13.1. The second-order valence-electron chi connectivity index (χ2n) is 6.00. The lowest BCUT2D eigenvalue weighted by Crippen LogP contribution is -2.24. The molecule has 18 heavy (non-hydrogen) atoms. The molecule has 0 rings (SSSR count). The lowest BCUT2D eigenvalue weighted by Gasteiger charge is -2.30. The van der Waals surface area contributed by atoms with Gasteiger partial charge in [-0.25, -0.2) is 4.57 Å². The molecule has 0 aliphatic carbocycles. The highest BCUT2D eigenvalue weighted by atomic mass is 31.2. The van der Waals surface area contributed by atoms with Crippen LogP contribution in [0.1, 0.15) is 54.4 Å². The zero-order valence-electron chi connectivity index (χ0n) is 12.2. The maximum absolute atomic E-state index is 12.5. The van der Waals surface area contributed by atoms with E-state index in [-0.39, 0.29) is 6.61 Å². The first-order valence-electron chi connectivity index (χ1n) is 6.07. The van der Waals surface area contributed by atoms with Crippen LogP contribution in [0, 0.1) is 0 Å². The zero-order chi connectivity index (χ0) is 14.4. The minimum Gasteiger partial charge on any atom is -0.303 e. The van der Waals surface area contributed by atoms with Gasteiger partial charge in [0.1, 0.15) is 6.29 Å². The maximum atomic E-state index is 12.5. The summed E-state index contributed by atoms with van der Waals surface area (Å²) in [6, 6.07) is 0. The number of hydrogen-bond acceptors (Lipinski definition) is 5. The second-order valence-corrected chi connectivity index (χ2v) is 7.51. The number of hydrogen-bond donors (Lipinski definition) is 0. The number of phosphoric acid groups is 1. The molecular weight excluding hydrogens is 255 g/mol. The van der Waals surface area contributed by atoms with Gasteiger partial charge in [-0.05, 0) is 48.0 Å². The summed E-state index contributed by atoms with van der Waals surface area (Å²) in [5.41, 5.74) is -1.27. The SMILES string of the molecule is CC(C)(C)OP(=O)(OCCCC=O)OC(C)(C)C. The van der Waals surface area contributed by atoms with E-state index in [2.05, 4.69) is 0 Å². The molecule has 108 valence electrons. The van der Waals surface area contributed by atoms with Crippen molar-refractivity contribution in [1.82, 2.24) is 0 Å². The third kappa shape index (κ3) is 9.77. The summed E-state index contributed by atoms with van der Waals surface area (Å²) in [6.07, 6.45) is 1.66. The van der Waals surface area contributed by atoms with Gasteiger partial charge in [-0.1, -0.05) is 0 Å². The Kier molecular flexibility index (Phi) is 6.72. The van der Waals surface area contributed by atoms with E-state index >= 15 is 0 Å². The van der Waals surface area contributed by atoms with E-state index in [9.17, 15) is 9.36 Å². The summed E-state index contributed by atoms with van der Waals surface area (Å²) in [7, 11) is -3.62. The van der Waals surface area contributed by atoms with Crippen LogP contribution in [0.4, 0.5) is 0 Å². The fourth-order valence-corrected chi connectivity index (χ4v) is 2.92. The number of unbranched alkanes of at least 4 members (excludes halogenated alkanes) is 1. The number of carbonyl (C=O) groups is 1. The monoisotopic (exact) mass is 280 g/mol. The molecular formula is C12H25O5P. The van der Waals surface area contributed by atoms with Crippen LogP contribution in [-0.4, -0.2) is 24.1 Å². The number of carbonyl (C=O) groups excluding carboxylic acids is 1. The van der Waals surface area contributed by atoms with E-state index in [4.69, 9.17) is 13.6 Å². The second kappa shape index (κ2) is 6.80. The molecule has 0 spiro atoms. The fourth-order valence-electron chi connectivity index (χ4n) is 1.09. The lowest BCUT2D eigenvalue weighted by atomic mass is 10.2. The van der Waals surface area contributed by atoms with Crippen LogP contribution in [0.15, 0.2) is 0 Å². The van der Waals surface area contributed by atoms with Gasteiger partial charge in [0.15, 0.2) is 0 Å². The first kappa shape index (κ1) is 17.8. The molecule has 0 heterocycles. The van der Waals surface area contributed by atoms with Crippen LogP contribution in [0.3, 0.4) is 0 Å². The number of phosphoric ester groups is 1. The van der Waals surface area contributed by atoms with Crippen LogP contribution in [0.2, 0.25) is 0 Å². The van der Waals surface area contributed by atoms with Gasteiger partial charge in [-0.2, -0.15) is 0 Å². The Bertz CT molecular complexity index is 281. The van der Waals surface area contributed by atoms with Gasteiger partial charge in [0.05, 0.1) is 17.8 Å². The van der Waals surface area contributed by atoms with Crippen molar-refractivity contribution in [3.63, 3.8) is 0 Å². The first-order chi connectivity index (χ1) is 7.97. The maximum Gasteiger partial charge on any atom is 0.475 e. The van der Waals surface area contributed by atoms with Gasteiger partial charge in [0.25, 0.3) is 0 Å². The summed E-state index contributed by atoms with van der Waals surface area (Å²) in [6.45, 7) is 10.8. The van der Waals surface area contributed by atoms with E-state index in [0.717, 1.165) is 6.29 Å². The van der Waals surface area contributed by atoms with Crippen molar-refractivity contribution in [2.75, 3.05) is 6.61 Å². The van der Waals surface area contributed by atoms with E-state index in [1.807, 2.05) is 0 Å². The highest BCUT2D eigenvalue weighted by molar-refractivity contribution is 7.48. The van der Waals surface area contributed by atoms with E-state index in [1.165, 1.54) is 0 Å². The molecule has 0 aromatic rings. The van der Waals surface area contributed by atoms with E-state index in [1.54, 1.807) is 41.5 Å². The molecule has 0 saturated carbocycles. The predicted octanol–water partition coefficient (Wildman–Crippen LogP) is 3.72. The average Bonchev–Trinajstić information content (AvgIpc) is 2.05. The van der Waals surface area contributed by atoms with Gasteiger partial charge in [0, 0.05) is 6.42 Å². The molecule has 0 amide bonds. The smallest absolute Gasteiger partial charge is 0.303 e. The molecule has 5 nitrogen and oxygen atoms in total. The van der Waals surface area contributed by atoms with Crippen LogP contribution in [-0.2, 0) is 22.9 Å². The molecule has 0 saturated heterocycles. The van der Waals surface area contributed by atoms with Crippen LogP contribution >= 0.6 is 7.82 Å². The van der Waals surface area contributed by atoms with Gasteiger partial charge in [-0.15, -0.1) is 0 Å². The van der Waals surface area contributed by atoms with Gasteiger partial charge in [0.2, 0.25) is 0 Å². The highest BCUT2D eigenvalue weighted by Crippen LogP contribution is 2.55. The van der Waals surface area contributed by atoms with Crippen molar-refractivity contribution >= 4 is 14.1 Å². The molecule has 0 N–H and O–H groups in total. The average molecular weight is 280 g/mol. The standard InChI is InChI=1S/C12H25O5P/c1-11(2,3)16-18(14,17-12(4,5)6)15-10-8-7-9-13/h9H,7-8,10H2,1-6H3. The summed E-state index contributed by atoms with van der Waals surface area (Å²) in [4.78, 5) is 10.2. The number of rotatable bonds is 7. The third-order valence-electron chi connectivity index (χ3n) is 1.49. The van der Waals surface area contributed by atoms with Crippen molar-refractivity contribution in [3.05, 3.63) is 0 Å². The molecule has 0 fully saturated rings. The van der Waals surface area contributed by atoms with Crippen LogP contribution in [0.5, 0.6) is 0 Å². The van der Waals surface area contributed by atoms with Crippen molar-refractivity contribution in [2.24, 2.45) is 0 Å². The highest BCUT2D eigenvalue weighted by Gasteiger charge is 2.36. The summed E-state index contributed by atoms with van der Waals surface area (Å²) in [5, 5.41) is 0. The van der Waals surface area contributed by atoms with E-state index in [0.29, 0.717) is 12.8 Å². The van der Waals surface area contributed by atoms with Gasteiger partial charge < -0.3 is 4.79 Å². The largest absolute Gasteiger partial charge is 0.475 e. The van der Waals surface area contributed by atoms with Crippen molar-refractivity contribution in [2.45, 2.75) is 65.6 Å². The fraction of sp³-hybridized carbons (Fsp3) is 0.917. The minimum absolute atomic E-state index is 0.169. The molecule has 0 radical (unpaired) electrons. The van der Waals surface area contributed by atoms with Gasteiger partial charge in [-0.3, -0.25) is 13.6 Å². The van der Waals surface area contributed by atoms with Crippen LogP contribution < -0.4 is 0 Å². The van der Waals surface area contributed by atoms with Gasteiger partial charge >= 0.3 is 7.82 Å². The molecule has 0 aromatic carbocycles. The molecule has 0 aromatic heterocycles. The number of aldehydes is 1. The Labute approximate surface area is 110 Å². The Morgan fingerprint density at radius 1 is 1.00 bits per heavy atom. The topological polar surface area (TPSA) is 61.8 Å². The molecule has 0 unspecified atom stereocenters. The molecule has 6 heteroatoms. The first-order valence-corrected chi connectivity index (χ1v) is 7.53. The minimum atomic E-state index is -3.62. The molecule has 0 aliphatic rings.